The number of methoxy groups -OCH3 is 1. The van der Waals surface area contributed by atoms with Crippen LogP contribution in [-0.4, -0.2) is 47.8 Å². The lowest BCUT2D eigenvalue weighted by Gasteiger charge is -2.24. The zero-order valence-electron chi connectivity index (χ0n) is 18.3. The average Bonchev–Trinajstić information content (AvgIpc) is 3.26. The number of carbonyl (C=O) groups excluding carboxylic acids is 1. The van der Waals surface area contributed by atoms with Gasteiger partial charge < -0.3 is 18.9 Å². The van der Waals surface area contributed by atoms with E-state index in [-0.39, 0.29) is 12.5 Å². The molecule has 0 aliphatic heterocycles. The summed E-state index contributed by atoms with van der Waals surface area (Å²) in [4.78, 5) is 19.0. The van der Waals surface area contributed by atoms with Crippen molar-refractivity contribution in [2.24, 2.45) is 5.92 Å². The molecule has 0 N–H and O–H groups in total. The predicted molar refractivity (Wildman–Crippen MR) is 118 cm³/mol. The minimum absolute atomic E-state index is 0.0422. The van der Waals surface area contributed by atoms with Gasteiger partial charge in [0.1, 0.15) is 12.4 Å². The summed E-state index contributed by atoms with van der Waals surface area (Å²) in [6, 6.07) is 17.3. The summed E-state index contributed by atoms with van der Waals surface area (Å²) in [6.07, 6.45) is 0.480. The lowest BCUT2D eigenvalue weighted by molar-refractivity contribution is -0.137. The van der Waals surface area contributed by atoms with Crippen molar-refractivity contribution < 1.29 is 18.8 Å². The van der Waals surface area contributed by atoms with E-state index in [0.29, 0.717) is 43.8 Å². The number of carbonyl (C=O) groups is 1. The van der Waals surface area contributed by atoms with Crippen molar-refractivity contribution in [1.29, 1.82) is 0 Å². The van der Waals surface area contributed by atoms with Gasteiger partial charge in [0.05, 0.1) is 13.7 Å². The number of amides is 1. The van der Waals surface area contributed by atoms with Crippen molar-refractivity contribution in [3.8, 4) is 17.1 Å². The molecule has 0 saturated heterocycles. The maximum Gasteiger partial charge on any atom is 0.248 e. The molecule has 0 aliphatic rings. The van der Waals surface area contributed by atoms with Gasteiger partial charge in [-0.1, -0.05) is 61.5 Å². The van der Waals surface area contributed by atoms with Crippen LogP contribution in [-0.2, 0) is 22.6 Å². The van der Waals surface area contributed by atoms with Crippen LogP contribution in [0, 0.1) is 5.92 Å². The van der Waals surface area contributed by atoms with Crippen LogP contribution in [0.25, 0.3) is 11.4 Å². The lowest BCUT2D eigenvalue weighted by Crippen LogP contribution is -2.38. The van der Waals surface area contributed by atoms with Crippen molar-refractivity contribution in [1.82, 2.24) is 15.0 Å². The van der Waals surface area contributed by atoms with Gasteiger partial charge in [0, 0.05) is 25.1 Å². The second-order valence-electron chi connectivity index (χ2n) is 7.71. The zero-order valence-corrected chi connectivity index (χ0v) is 18.3. The molecule has 31 heavy (non-hydrogen) atoms. The first-order chi connectivity index (χ1) is 15.0. The van der Waals surface area contributed by atoms with E-state index in [9.17, 15) is 4.79 Å². The summed E-state index contributed by atoms with van der Waals surface area (Å²) in [6.45, 7) is 5.75. The van der Waals surface area contributed by atoms with E-state index in [0.717, 1.165) is 16.9 Å². The standard InChI is InChI=1S/C24H29N3O4/c1-18(2)15-27(23(28)17-30-16-19-8-5-4-6-9-19)13-12-22-25-24(26-31-22)20-10-7-11-21(14-20)29-3/h4-11,14,18H,12-13,15-17H2,1-3H3. The number of rotatable bonds is 11. The normalized spacial score (nSPS) is 11.0. The molecule has 1 aromatic heterocycles. The van der Waals surface area contributed by atoms with Crippen LogP contribution < -0.4 is 4.74 Å². The number of hydrogen-bond donors (Lipinski definition) is 0. The molecule has 7 heteroatoms. The molecule has 0 aliphatic carbocycles. The van der Waals surface area contributed by atoms with E-state index >= 15 is 0 Å². The zero-order chi connectivity index (χ0) is 22.1. The van der Waals surface area contributed by atoms with Gasteiger partial charge >= 0.3 is 0 Å². The molecular weight excluding hydrogens is 394 g/mol. The van der Waals surface area contributed by atoms with Gasteiger partial charge in [-0.15, -0.1) is 0 Å². The van der Waals surface area contributed by atoms with E-state index in [2.05, 4.69) is 24.0 Å². The first kappa shape index (κ1) is 22.5. The highest BCUT2D eigenvalue weighted by Gasteiger charge is 2.17. The van der Waals surface area contributed by atoms with Gasteiger partial charge in [-0.25, -0.2) is 0 Å². The third kappa shape index (κ3) is 6.93. The van der Waals surface area contributed by atoms with Crippen LogP contribution >= 0.6 is 0 Å². The molecule has 3 aromatic rings. The molecule has 0 fully saturated rings. The van der Waals surface area contributed by atoms with Gasteiger partial charge in [0.15, 0.2) is 0 Å². The van der Waals surface area contributed by atoms with Gasteiger partial charge in [-0.2, -0.15) is 4.98 Å². The van der Waals surface area contributed by atoms with Crippen molar-refractivity contribution >= 4 is 5.91 Å². The van der Waals surface area contributed by atoms with Crippen LogP contribution in [0.15, 0.2) is 59.1 Å². The fourth-order valence-electron chi connectivity index (χ4n) is 3.15. The number of nitrogens with zero attached hydrogens (tertiary/aromatic N) is 3. The fourth-order valence-corrected chi connectivity index (χ4v) is 3.15. The second kappa shape index (κ2) is 11.3. The summed E-state index contributed by atoms with van der Waals surface area (Å²) >= 11 is 0. The molecule has 1 amide bonds. The maximum absolute atomic E-state index is 12.7. The molecule has 2 aromatic carbocycles. The Kier molecular flexibility index (Phi) is 8.18. The van der Waals surface area contributed by atoms with Crippen LogP contribution in [0.2, 0.25) is 0 Å². The Morgan fingerprint density at radius 1 is 1.13 bits per heavy atom. The highest BCUT2D eigenvalue weighted by molar-refractivity contribution is 5.77. The van der Waals surface area contributed by atoms with E-state index in [1.54, 1.807) is 12.0 Å². The van der Waals surface area contributed by atoms with Crippen molar-refractivity contribution in [3.63, 3.8) is 0 Å². The van der Waals surface area contributed by atoms with Gasteiger partial charge in [0.2, 0.25) is 17.6 Å². The molecule has 0 atom stereocenters. The molecule has 0 saturated carbocycles. The Labute approximate surface area is 183 Å². The minimum atomic E-state index is -0.0443. The Bertz CT molecular complexity index is 956. The topological polar surface area (TPSA) is 77.7 Å². The quantitative estimate of drug-likeness (QED) is 0.464. The smallest absolute Gasteiger partial charge is 0.248 e. The summed E-state index contributed by atoms with van der Waals surface area (Å²) in [7, 11) is 1.62. The van der Waals surface area contributed by atoms with Crippen LogP contribution in [0.4, 0.5) is 0 Å². The van der Waals surface area contributed by atoms with Crippen LogP contribution in [0.1, 0.15) is 25.3 Å². The molecule has 1 heterocycles. The Hall–Kier alpha value is -3.19. The van der Waals surface area contributed by atoms with Gasteiger partial charge in [0.25, 0.3) is 0 Å². The Balaban J connectivity index is 1.55. The average molecular weight is 424 g/mol. The second-order valence-corrected chi connectivity index (χ2v) is 7.71. The number of ether oxygens (including phenoxy) is 2. The Morgan fingerprint density at radius 3 is 2.68 bits per heavy atom. The lowest BCUT2D eigenvalue weighted by atomic mass is 10.2. The van der Waals surface area contributed by atoms with E-state index in [4.69, 9.17) is 14.0 Å². The maximum atomic E-state index is 12.7. The number of hydrogen-bond acceptors (Lipinski definition) is 6. The molecule has 3 rings (SSSR count). The first-order valence-electron chi connectivity index (χ1n) is 10.4. The van der Waals surface area contributed by atoms with Gasteiger partial charge in [-0.3, -0.25) is 4.79 Å². The number of benzene rings is 2. The highest BCUT2D eigenvalue weighted by Crippen LogP contribution is 2.21. The molecule has 0 bridgehead atoms. The van der Waals surface area contributed by atoms with Crippen molar-refractivity contribution in [2.45, 2.75) is 26.9 Å². The van der Waals surface area contributed by atoms with Crippen molar-refractivity contribution in [2.75, 3.05) is 26.8 Å². The first-order valence-corrected chi connectivity index (χ1v) is 10.4. The van der Waals surface area contributed by atoms with E-state index in [1.807, 2.05) is 54.6 Å². The molecule has 7 nitrogen and oxygen atoms in total. The van der Waals surface area contributed by atoms with Gasteiger partial charge in [-0.05, 0) is 23.6 Å². The fraction of sp³-hybridized carbons (Fsp3) is 0.375. The van der Waals surface area contributed by atoms with E-state index in [1.165, 1.54) is 0 Å². The third-order valence-corrected chi connectivity index (χ3v) is 4.67. The molecule has 0 unspecified atom stereocenters. The summed E-state index contributed by atoms with van der Waals surface area (Å²) in [5.74, 6) is 2.02. The monoisotopic (exact) mass is 423 g/mol. The molecule has 0 radical (unpaired) electrons. The van der Waals surface area contributed by atoms with Crippen LogP contribution in [0.3, 0.4) is 0 Å². The summed E-state index contributed by atoms with van der Waals surface area (Å²) in [5.41, 5.74) is 1.86. The predicted octanol–water partition coefficient (Wildman–Crippen LogP) is 3.99. The minimum Gasteiger partial charge on any atom is -0.497 e. The summed E-state index contributed by atoms with van der Waals surface area (Å²) in [5, 5.41) is 4.06. The third-order valence-electron chi connectivity index (χ3n) is 4.67. The molecule has 0 spiro atoms. The SMILES string of the molecule is COc1cccc(-c2noc(CCN(CC(C)C)C(=O)COCc3ccccc3)n2)c1. The van der Waals surface area contributed by atoms with Crippen molar-refractivity contribution in [3.05, 3.63) is 66.1 Å². The highest BCUT2D eigenvalue weighted by atomic mass is 16.5. The Morgan fingerprint density at radius 2 is 1.94 bits per heavy atom. The van der Waals surface area contributed by atoms with Crippen LogP contribution in [0.5, 0.6) is 5.75 Å². The molecule has 164 valence electrons. The molecular formula is C24H29N3O4. The largest absolute Gasteiger partial charge is 0.497 e. The summed E-state index contributed by atoms with van der Waals surface area (Å²) < 4.78 is 16.3. The van der Waals surface area contributed by atoms with E-state index < -0.39 is 0 Å². The number of aromatic nitrogens is 2.